The van der Waals surface area contributed by atoms with Gasteiger partial charge in [-0.25, -0.2) is 0 Å². The summed E-state index contributed by atoms with van der Waals surface area (Å²) in [5.74, 6) is 0.969. The molecule has 2 atom stereocenters. The highest BCUT2D eigenvalue weighted by Gasteiger charge is 2.36. The smallest absolute Gasteiger partial charge is 0.225 e. The molecule has 0 spiro atoms. The number of piperidine rings is 1. The van der Waals surface area contributed by atoms with Crippen molar-refractivity contribution in [1.29, 1.82) is 0 Å². The van der Waals surface area contributed by atoms with Crippen molar-refractivity contribution in [2.24, 2.45) is 0 Å². The lowest BCUT2D eigenvalue weighted by Crippen LogP contribution is -2.48. The standard InChI is InChI=1S/C17H23BrN2O2/c1-20(14-10-12-6-7-13(11-14)19-12)17(21)8-9-22-16-5-3-2-4-15(16)18/h2-5,12-14,19H,6-11H2,1H3. The van der Waals surface area contributed by atoms with Crippen LogP contribution in [0.3, 0.4) is 0 Å². The van der Waals surface area contributed by atoms with Gasteiger partial charge in [0.2, 0.25) is 5.91 Å². The zero-order valence-electron chi connectivity index (χ0n) is 12.9. The van der Waals surface area contributed by atoms with Gasteiger partial charge in [-0.2, -0.15) is 0 Å². The van der Waals surface area contributed by atoms with E-state index in [0.717, 1.165) is 23.1 Å². The monoisotopic (exact) mass is 366 g/mol. The van der Waals surface area contributed by atoms with Crippen LogP contribution in [0.1, 0.15) is 32.1 Å². The average molecular weight is 367 g/mol. The molecule has 3 rings (SSSR count). The summed E-state index contributed by atoms with van der Waals surface area (Å²) < 4.78 is 6.61. The number of fused-ring (bicyclic) bond motifs is 2. The first-order valence-electron chi connectivity index (χ1n) is 8.02. The lowest BCUT2D eigenvalue weighted by molar-refractivity contribution is -0.133. The second-order valence-corrected chi connectivity index (χ2v) is 7.15. The number of benzene rings is 1. The van der Waals surface area contributed by atoms with Crippen LogP contribution >= 0.6 is 15.9 Å². The maximum Gasteiger partial charge on any atom is 0.225 e. The molecule has 22 heavy (non-hydrogen) atoms. The van der Waals surface area contributed by atoms with Crippen LogP contribution in [0.5, 0.6) is 5.75 Å². The van der Waals surface area contributed by atoms with E-state index >= 15 is 0 Å². The molecule has 4 nitrogen and oxygen atoms in total. The molecule has 2 heterocycles. The van der Waals surface area contributed by atoms with E-state index in [-0.39, 0.29) is 5.91 Å². The highest BCUT2D eigenvalue weighted by Crippen LogP contribution is 2.29. The van der Waals surface area contributed by atoms with Gasteiger partial charge in [0.15, 0.2) is 0 Å². The number of rotatable bonds is 5. The molecule has 5 heteroatoms. The van der Waals surface area contributed by atoms with E-state index in [1.165, 1.54) is 12.8 Å². The maximum absolute atomic E-state index is 12.4. The summed E-state index contributed by atoms with van der Waals surface area (Å²) in [5.41, 5.74) is 0. The Morgan fingerprint density at radius 2 is 2.00 bits per heavy atom. The van der Waals surface area contributed by atoms with Crippen LogP contribution in [0.25, 0.3) is 0 Å². The number of nitrogens with one attached hydrogen (secondary N) is 1. The highest BCUT2D eigenvalue weighted by atomic mass is 79.9. The Hall–Kier alpha value is -1.07. The number of ether oxygens (including phenoxy) is 1. The molecule has 120 valence electrons. The summed E-state index contributed by atoms with van der Waals surface area (Å²) >= 11 is 3.45. The number of amides is 1. The molecule has 0 aromatic heterocycles. The quantitative estimate of drug-likeness (QED) is 0.870. The van der Waals surface area contributed by atoms with Gasteiger partial charge in [-0.3, -0.25) is 4.79 Å². The molecule has 2 aliphatic rings. The van der Waals surface area contributed by atoms with Crippen molar-refractivity contribution in [3.8, 4) is 5.75 Å². The average Bonchev–Trinajstić information content (AvgIpc) is 2.86. The van der Waals surface area contributed by atoms with Crippen LogP contribution in [0.15, 0.2) is 28.7 Å². The maximum atomic E-state index is 12.4. The Morgan fingerprint density at radius 1 is 1.32 bits per heavy atom. The van der Waals surface area contributed by atoms with Gasteiger partial charge in [-0.15, -0.1) is 0 Å². The molecular weight excluding hydrogens is 344 g/mol. The number of para-hydroxylation sites is 1. The van der Waals surface area contributed by atoms with Gasteiger partial charge in [0.1, 0.15) is 5.75 Å². The van der Waals surface area contributed by atoms with E-state index in [1.54, 1.807) is 0 Å². The zero-order chi connectivity index (χ0) is 15.5. The van der Waals surface area contributed by atoms with Crippen LogP contribution in [0, 0.1) is 0 Å². The molecule has 2 unspecified atom stereocenters. The molecule has 1 aromatic rings. The normalized spacial score (nSPS) is 26.7. The number of hydrogen-bond acceptors (Lipinski definition) is 3. The summed E-state index contributed by atoms with van der Waals surface area (Å²) in [6.07, 6.45) is 5.12. The molecule has 2 aliphatic heterocycles. The first-order chi connectivity index (χ1) is 10.6. The summed E-state index contributed by atoms with van der Waals surface area (Å²) in [7, 11) is 1.94. The van der Waals surface area contributed by atoms with Gasteiger partial charge in [0, 0.05) is 25.2 Å². The largest absolute Gasteiger partial charge is 0.492 e. The van der Waals surface area contributed by atoms with Crippen LogP contribution in [-0.4, -0.2) is 42.6 Å². The molecule has 2 fully saturated rings. The highest BCUT2D eigenvalue weighted by molar-refractivity contribution is 9.10. The Morgan fingerprint density at radius 3 is 2.68 bits per heavy atom. The fourth-order valence-electron chi connectivity index (χ4n) is 3.53. The molecule has 1 amide bonds. The van der Waals surface area contributed by atoms with Crippen molar-refractivity contribution in [3.05, 3.63) is 28.7 Å². The Labute approximate surface area is 140 Å². The Bertz CT molecular complexity index is 525. The molecular formula is C17H23BrN2O2. The van der Waals surface area contributed by atoms with E-state index in [4.69, 9.17) is 4.74 Å². The second kappa shape index (κ2) is 7.01. The fourth-order valence-corrected chi connectivity index (χ4v) is 3.93. The van der Waals surface area contributed by atoms with Gasteiger partial charge in [-0.05, 0) is 53.7 Å². The van der Waals surface area contributed by atoms with Crippen molar-refractivity contribution in [1.82, 2.24) is 10.2 Å². The minimum absolute atomic E-state index is 0.179. The van der Waals surface area contributed by atoms with E-state index < -0.39 is 0 Å². The molecule has 0 radical (unpaired) electrons. The van der Waals surface area contributed by atoms with Gasteiger partial charge < -0.3 is 15.0 Å². The van der Waals surface area contributed by atoms with E-state index in [9.17, 15) is 4.79 Å². The number of nitrogens with zero attached hydrogens (tertiary/aromatic N) is 1. The third-order valence-electron chi connectivity index (χ3n) is 4.80. The van der Waals surface area contributed by atoms with Crippen molar-refractivity contribution < 1.29 is 9.53 Å². The predicted octanol–water partition coefficient (Wildman–Crippen LogP) is 2.96. The molecule has 2 saturated heterocycles. The SMILES string of the molecule is CN(C(=O)CCOc1ccccc1Br)C1CC2CCC(C1)N2. The lowest BCUT2D eigenvalue weighted by Gasteiger charge is -2.35. The van der Waals surface area contributed by atoms with Crippen molar-refractivity contribution in [2.75, 3.05) is 13.7 Å². The molecule has 0 saturated carbocycles. The molecule has 0 aliphatic carbocycles. The molecule has 2 bridgehead atoms. The van der Waals surface area contributed by atoms with E-state index in [2.05, 4.69) is 21.2 Å². The minimum atomic E-state index is 0.179. The van der Waals surface area contributed by atoms with Crippen molar-refractivity contribution in [3.63, 3.8) is 0 Å². The van der Waals surface area contributed by atoms with Crippen LogP contribution < -0.4 is 10.1 Å². The van der Waals surface area contributed by atoms with Gasteiger partial charge in [-0.1, -0.05) is 12.1 Å². The van der Waals surface area contributed by atoms with E-state index in [1.807, 2.05) is 36.2 Å². The topological polar surface area (TPSA) is 41.6 Å². The van der Waals surface area contributed by atoms with Gasteiger partial charge >= 0.3 is 0 Å². The first kappa shape index (κ1) is 15.8. The minimum Gasteiger partial charge on any atom is -0.492 e. The first-order valence-corrected chi connectivity index (χ1v) is 8.82. The third-order valence-corrected chi connectivity index (χ3v) is 5.45. The summed E-state index contributed by atoms with van der Waals surface area (Å²) in [5, 5.41) is 3.62. The van der Waals surface area contributed by atoms with Crippen molar-refractivity contribution >= 4 is 21.8 Å². The molecule has 1 aromatic carbocycles. The van der Waals surface area contributed by atoms with Crippen LogP contribution in [0.4, 0.5) is 0 Å². The number of halogens is 1. The number of carbonyl (C=O) groups excluding carboxylic acids is 1. The zero-order valence-corrected chi connectivity index (χ0v) is 14.5. The Balaban J connectivity index is 1.46. The second-order valence-electron chi connectivity index (χ2n) is 6.30. The Kier molecular flexibility index (Phi) is 5.03. The van der Waals surface area contributed by atoms with Crippen LogP contribution in [0.2, 0.25) is 0 Å². The van der Waals surface area contributed by atoms with Crippen molar-refractivity contribution in [2.45, 2.75) is 50.2 Å². The lowest BCUT2D eigenvalue weighted by atomic mass is 9.98. The predicted molar refractivity (Wildman–Crippen MR) is 90.0 cm³/mol. The summed E-state index contributed by atoms with van der Waals surface area (Å²) in [6, 6.07) is 9.32. The summed E-state index contributed by atoms with van der Waals surface area (Å²) in [6.45, 7) is 0.420. The molecule has 1 N–H and O–H groups in total. The fraction of sp³-hybridized carbons (Fsp3) is 0.588. The number of carbonyl (C=O) groups is 1. The third kappa shape index (κ3) is 3.63. The van der Waals surface area contributed by atoms with E-state index in [0.29, 0.717) is 31.2 Å². The van der Waals surface area contributed by atoms with Gasteiger partial charge in [0.25, 0.3) is 0 Å². The number of hydrogen-bond donors (Lipinski definition) is 1. The van der Waals surface area contributed by atoms with Crippen LogP contribution in [-0.2, 0) is 4.79 Å². The van der Waals surface area contributed by atoms with Gasteiger partial charge in [0.05, 0.1) is 17.5 Å². The summed E-state index contributed by atoms with van der Waals surface area (Å²) in [4.78, 5) is 14.3.